The van der Waals surface area contributed by atoms with Gasteiger partial charge in [0.15, 0.2) is 6.17 Å². The Hall–Kier alpha value is -2.68. The largest absolute Gasteiger partial charge is 0.343 e. The highest BCUT2D eigenvalue weighted by Crippen LogP contribution is 2.42. The molecule has 0 spiro atoms. The second kappa shape index (κ2) is 7.75. The van der Waals surface area contributed by atoms with Crippen molar-refractivity contribution in [3.8, 4) is 6.07 Å². The highest BCUT2D eigenvalue weighted by molar-refractivity contribution is 5.89. The molecule has 28 heavy (non-hydrogen) atoms. The minimum Gasteiger partial charge on any atom is -0.343 e. The van der Waals surface area contributed by atoms with E-state index in [1.54, 1.807) is 23.4 Å². The SMILES string of the molecule is Cc1ccc2c(c1)c(C#N)c(C1N=CC=CN1C(CF)CF)n2C1CCCC1. The van der Waals surface area contributed by atoms with Gasteiger partial charge in [-0.15, -0.1) is 0 Å². The van der Waals surface area contributed by atoms with E-state index in [0.29, 0.717) is 5.56 Å². The quantitative estimate of drug-likeness (QED) is 0.718. The van der Waals surface area contributed by atoms with Crippen molar-refractivity contribution in [2.45, 2.75) is 50.9 Å². The lowest BCUT2D eigenvalue weighted by Crippen LogP contribution is -2.39. The molecule has 4 nitrogen and oxygen atoms in total. The van der Waals surface area contributed by atoms with Gasteiger partial charge in [-0.2, -0.15) is 5.26 Å². The first-order valence-electron chi connectivity index (χ1n) is 9.83. The van der Waals surface area contributed by atoms with E-state index in [1.807, 2.05) is 19.1 Å². The van der Waals surface area contributed by atoms with Crippen LogP contribution in [0.3, 0.4) is 0 Å². The van der Waals surface area contributed by atoms with Gasteiger partial charge in [-0.1, -0.05) is 24.5 Å². The van der Waals surface area contributed by atoms with Crippen LogP contribution in [0.2, 0.25) is 0 Å². The lowest BCUT2D eigenvalue weighted by molar-refractivity contribution is 0.142. The number of aryl methyl sites for hydroxylation is 1. The first-order valence-corrected chi connectivity index (χ1v) is 9.83. The van der Waals surface area contributed by atoms with Gasteiger partial charge in [0.2, 0.25) is 0 Å². The molecular formula is C22H24F2N4. The van der Waals surface area contributed by atoms with Crippen LogP contribution in [0.5, 0.6) is 0 Å². The Morgan fingerprint density at radius 1 is 1.25 bits per heavy atom. The van der Waals surface area contributed by atoms with Crippen LogP contribution in [0.25, 0.3) is 10.9 Å². The third-order valence-electron chi connectivity index (χ3n) is 5.87. The molecule has 0 radical (unpaired) electrons. The van der Waals surface area contributed by atoms with Gasteiger partial charge in [0.1, 0.15) is 19.4 Å². The van der Waals surface area contributed by atoms with Crippen molar-refractivity contribution in [2.24, 2.45) is 4.99 Å². The normalized spacial score (nSPS) is 19.8. The Morgan fingerprint density at radius 3 is 2.68 bits per heavy atom. The van der Waals surface area contributed by atoms with Crippen molar-refractivity contribution in [1.82, 2.24) is 9.47 Å². The smallest absolute Gasteiger partial charge is 0.163 e. The Morgan fingerprint density at radius 2 is 2.00 bits per heavy atom. The minimum atomic E-state index is -0.915. The standard InChI is InChI=1S/C22H24F2N4/c1-15-7-8-20-18(11-15)19(14-25)21(28(20)16-5-2-3-6-16)22-26-9-4-10-27(22)17(12-23)13-24/h4,7-11,16-17,22H,2-3,5-6,12-13H2,1H3. The van der Waals surface area contributed by atoms with E-state index in [2.05, 4.69) is 21.7 Å². The number of hydrogen-bond acceptors (Lipinski definition) is 3. The van der Waals surface area contributed by atoms with Crippen molar-refractivity contribution in [3.05, 3.63) is 47.3 Å². The summed E-state index contributed by atoms with van der Waals surface area (Å²) in [5.74, 6) is 0. The third-order valence-corrected chi connectivity index (χ3v) is 5.87. The summed E-state index contributed by atoms with van der Waals surface area (Å²) in [7, 11) is 0. The lowest BCUT2D eigenvalue weighted by Gasteiger charge is -2.35. The van der Waals surface area contributed by atoms with E-state index in [-0.39, 0.29) is 6.04 Å². The predicted octanol–water partition coefficient (Wildman–Crippen LogP) is 5.14. The van der Waals surface area contributed by atoms with E-state index in [9.17, 15) is 14.0 Å². The maximum Gasteiger partial charge on any atom is 0.163 e. The maximum atomic E-state index is 13.5. The van der Waals surface area contributed by atoms with Crippen LogP contribution in [0, 0.1) is 18.3 Å². The summed E-state index contributed by atoms with van der Waals surface area (Å²) in [6.07, 6.45) is 8.79. The molecule has 1 aromatic carbocycles. The van der Waals surface area contributed by atoms with Crippen molar-refractivity contribution in [3.63, 3.8) is 0 Å². The second-order valence-corrected chi connectivity index (χ2v) is 7.62. The average molecular weight is 382 g/mol. The number of aromatic nitrogens is 1. The molecule has 0 bridgehead atoms. The van der Waals surface area contributed by atoms with E-state index >= 15 is 0 Å². The average Bonchev–Trinajstić information content (AvgIpc) is 3.34. The number of fused-ring (bicyclic) bond motifs is 1. The molecule has 2 aliphatic rings. The summed E-state index contributed by atoms with van der Waals surface area (Å²) in [6, 6.07) is 7.86. The molecule has 1 aliphatic heterocycles. The summed E-state index contributed by atoms with van der Waals surface area (Å²) in [6.45, 7) is 0.387. The van der Waals surface area contributed by atoms with Crippen LogP contribution < -0.4 is 0 Å². The van der Waals surface area contributed by atoms with Crippen molar-refractivity contribution < 1.29 is 8.78 Å². The molecule has 6 heteroatoms. The number of nitriles is 1. The molecule has 0 N–H and O–H groups in total. The van der Waals surface area contributed by atoms with E-state index in [1.165, 1.54) is 0 Å². The van der Waals surface area contributed by atoms with Crippen LogP contribution in [-0.4, -0.2) is 35.1 Å². The Labute approximate surface area is 163 Å². The zero-order valence-electron chi connectivity index (χ0n) is 16.0. The van der Waals surface area contributed by atoms with Crippen LogP contribution in [0.15, 0.2) is 35.5 Å². The summed E-state index contributed by atoms with van der Waals surface area (Å²) >= 11 is 0. The lowest BCUT2D eigenvalue weighted by atomic mass is 10.1. The topological polar surface area (TPSA) is 44.3 Å². The van der Waals surface area contributed by atoms with Gasteiger partial charge >= 0.3 is 0 Å². The zero-order chi connectivity index (χ0) is 19.7. The van der Waals surface area contributed by atoms with Gasteiger partial charge in [0.25, 0.3) is 0 Å². The Bertz CT molecular complexity index is 959. The molecule has 0 amide bonds. The maximum absolute atomic E-state index is 13.5. The number of alkyl halides is 2. The summed E-state index contributed by atoms with van der Waals surface area (Å²) in [5, 5.41) is 10.9. The van der Waals surface area contributed by atoms with Gasteiger partial charge < -0.3 is 9.47 Å². The van der Waals surface area contributed by atoms with Crippen LogP contribution >= 0.6 is 0 Å². The minimum absolute atomic E-state index is 0.277. The first-order chi connectivity index (χ1) is 13.7. The van der Waals surface area contributed by atoms with Crippen LogP contribution in [-0.2, 0) is 0 Å². The highest BCUT2D eigenvalue weighted by Gasteiger charge is 2.34. The zero-order valence-corrected chi connectivity index (χ0v) is 16.0. The molecule has 1 aliphatic carbocycles. The Balaban J connectivity index is 1.96. The number of rotatable bonds is 5. The van der Waals surface area contributed by atoms with Gasteiger partial charge in [-0.05, 0) is 38.0 Å². The van der Waals surface area contributed by atoms with E-state index < -0.39 is 25.6 Å². The van der Waals surface area contributed by atoms with Crippen molar-refractivity contribution >= 4 is 17.1 Å². The molecule has 1 unspecified atom stereocenters. The van der Waals surface area contributed by atoms with Crippen molar-refractivity contribution in [1.29, 1.82) is 5.26 Å². The summed E-state index contributed by atoms with van der Waals surface area (Å²) < 4.78 is 29.3. The fourth-order valence-electron chi connectivity index (χ4n) is 4.54. The van der Waals surface area contributed by atoms with Gasteiger partial charge in [-0.3, -0.25) is 4.99 Å². The molecule has 1 atom stereocenters. The van der Waals surface area contributed by atoms with E-state index in [4.69, 9.17) is 0 Å². The molecule has 146 valence electrons. The third kappa shape index (κ3) is 2.99. The first kappa shape index (κ1) is 18.7. The predicted molar refractivity (Wildman–Crippen MR) is 107 cm³/mol. The van der Waals surface area contributed by atoms with Gasteiger partial charge in [0.05, 0.1) is 17.3 Å². The number of nitrogens with zero attached hydrogens (tertiary/aromatic N) is 4. The summed E-state index contributed by atoms with van der Waals surface area (Å²) in [4.78, 5) is 6.18. The number of halogens is 2. The molecule has 1 fully saturated rings. The second-order valence-electron chi connectivity index (χ2n) is 7.62. The van der Waals surface area contributed by atoms with Crippen LogP contribution in [0.4, 0.5) is 8.78 Å². The molecule has 1 saturated carbocycles. The number of hydrogen-bond donors (Lipinski definition) is 0. The highest BCUT2D eigenvalue weighted by atomic mass is 19.1. The molecular weight excluding hydrogens is 358 g/mol. The monoisotopic (exact) mass is 382 g/mol. The molecule has 4 rings (SSSR count). The van der Waals surface area contributed by atoms with Gasteiger partial charge in [0, 0.05) is 29.4 Å². The fourth-order valence-corrected chi connectivity index (χ4v) is 4.54. The fraction of sp³-hybridized carbons (Fsp3) is 0.455. The molecule has 2 heterocycles. The summed E-state index contributed by atoms with van der Waals surface area (Å²) in [5.41, 5.74) is 3.39. The molecule has 1 aromatic heterocycles. The number of benzene rings is 1. The van der Waals surface area contributed by atoms with Crippen molar-refractivity contribution in [2.75, 3.05) is 13.3 Å². The van der Waals surface area contributed by atoms with Crippen LogP contribution in [0.1, 0.15) is 54.7 Å². The molecule has 0 saturated heterocycles. The van der Waals surface area contributed by atoms with E-state index in [0.717, 1.165) is 47.8 Å². The number of aliphatic imine (C=N–C) groups is 1. The van der Waals surface area contributed by atoms with Gasteiger partial charge in [-0.25, -0.2) is 8.78 Å². The Kier molecular flexibility index (Phi) is 5.17. The molecule has 2 aromatic rings. The number of allylic oxidation sites excluding steroid dienone is 1.